The van der Waals surface area contributed by atoms with Gasteiger partial charge in [-0.15, -0.1) is 0 Å². The standard InChI is InChI=1S/C62H53B3N4/c1-61(2,3)42-22-26-44(27-23-42)63-48-11-7-8-14-54(48)68-56-15-10-16-57-58(56)65(50-13-9-12-49(63)59(50)68)53-37-41(39-19-32-47(67)33-20-39)36-52-60(53)69(57)55-34-21-40(38-17-30-46(66)31-18-38)35-51(55)64(52)45-28-24-43(25-29-45)62(4,5)6/h7-37H,66-67H2,1-6H3. The van der Waals surface area contributed by atoms with Crippen LogP contribution in [-0.4, -0.2) is 20.1 Å². The van der Waals surface area contributed by atoms with Crippen LogP contribution in [-0.2, 0) is 10.8 Å². The van der Waals surface area contributed by atoms with E-state index in [9.17, 15) is 0 Å². The van der Waals surface area contributed by atoms with Gasteiger partial charge in [-0.25, -0.2) is 0 Å². The van der Waals surface area contributed by atoms with Gasteiger partial charge in [-0.05, 0) is 131 Å². The molecule has 0 spiro atoms. The molecule has 0 saturated heterocycles. The van der Waals surface area contributed by atoms with Gasteiger partial charge in [-0.2, -0.15) is 0 Å². The summed E-state index contributed by atoms with van der Waals surface area (Å²) in [6.07, 6.45) is 0. The molecule has 4 nitrogen and oxygen atoms in total. The second-order valence-corrected chi connectivity index (χ2v) is 21.8. The molecule has 0 aliphatic carbocycles. The van der Waals surface area contributed by atoms with E-state index in [1.807, 2.05) is 24.3 Å². The van der Waals surface area contributed by atoms with Crippen LogP contribution in [0.15, 0.2) is 188 Å². The quantitative estimate of drug-likeness (QED) is 0.138. The predicted molar refractivity (Wildman–Crippen MR) is 300 cm³/mol. The number of para-hydroxylation sites is 2. The van der Waals surface area contributed by atoms with Gasteiger partial charge >= 0.3 is 0 Å². The molecule has 0 saturated carbocycles. The maximum absolute atomic E-state index is 6.38. The zero-order valence-corrected chi connectivity index (χ0v) is 40.2. The maximum atomic E-state index is 6.38. The van der Waals surface area contributed by atoms with Gasteiger partial charge in [0.15, 0.2) is 0 Å². The fourth-order valence-corrected chi connectivity index (χ4v) is 12.2. The Morgan fingerprint density at radius 2 is 0.739 bits per heavy atom. The Bertz CT molecular complexity index is 3550. The van der Waals surface area contributed by atoms with Crippen molar-refractivity contribution >= 4 is 115 Å². The molecule has 4 aliphatic rings. The molecular formula is C62H53B3N4. The van der Waals surface area contributed by atoms with E-state index < -0.39 is 0 Å². The molecule has 13 rings (SSSR count). The number of hydrogen-bond donors (Lipinski definition) is 2. The number of nitrogens with two attached hydrogens (primary N) is 2. The molecule has 0 amide bonds. The van der Waals surface area contributed by atoms with Crippen molar-refractivity contribution in [3.8, 4) is 22.3 Å². The molecule has 4 N–H and O–H groups in total. The van der Waals surface area contributed by atoms with E-state index in [-0.39, 0.29) is 31.0 Å². The number of fused-ring (bicyclic) bond motifs is 8. The summed E-state index contributed by atoms with van der Waals surface area (Å²) in [7, 11) is 0. The van der Waals surface area contributed by atoms with Crippen molar-refractivity contribution in [1.82, 2.24) is 0 Å². The molecular weight excluding hydrogens is 833 g/mol. The Morgan fingerprint density at radius 3 is 1.30 bits per heavy atom. The Labute approximate surface area is 407 Å². The van der Waals surface area contributed by atoms with Gasteiger partial charge in [0.05, 0.1) is 0 Å². The van der Waals surface area contributed by atoms with Gasteiger partial charge in [0.25, 0.3) is 6.71 Å². The number of rotatable bonds is 4. The summed E-state index contributed by atoms with van der Waals surface area (Å²) in [4.78, 5) is 5.21. The summed E-state index contributed by atoms with van der Waals surface area (Å²) in [6, 6.07) is 71.0. The first kappa shape index (κ1) is 41.6. The van der Waals surface area contributed by atoms with E-state index in [1.54, 1.807) is 0 Å². The van der Waals surface area contributed by atoms with E-state index in [1.165, 1.54) is 106 Å². The van der Waals surface area contributed by atoms with Crippen molar-refractivity contribution in [2.45, 2.75) is 52.4 Å². The second kappa shape index (κ2) is 14.9. The van der Waals surface area contributed by atoms with E-state index in [2.05, 4.69) is 215 Å². The summed E-state index contributed by atoms with van der Waals surface area (Å²) >= 11 is 0. The van der Waals surface area contributed by atoms with Gasteiger partial charge in [-0.1, -0.05) is 192 Å². The van der Waals surface area contributed by atoms with Gasteiger partial charge in [0.1, 0.15) is 0 Å². The van der Waals surface area contributed by atoms with Crippen molar-refractivity contribution in [2.75, 3.05) is 21.3 Å². The number of nitrogen functional groups attached to an aromatic ring is 2. The van der Waals surface area contributed by atoms with Crippen LogP contribution < -0.4 is 70.4 Å². The fourth-order valence-electron chi connectivity index (χ4n) is 12.2. The fraction of sp³-hybridized carbons (Fsp3) is 0.129. The van der Waals surface area contributed by atoms with Crippen molar-refractivity contribution < 1.29 is 0 Å². The number of anilines is 8. The largest absolute Gasteiger partial charge is 0.399 e. The first-order chi connectivity index (χ1) is 33.3. The minimum atomic E-state index is -0.0525. The van der Waals surface area contributed by atoms with Gasteiger partial charge in [-0.3, -0.25) is 0 Å². The van der Waals surface area contributed by atoms with E-state index in [4.69, 9.17) is 11.5 Å². The maximum Gasteiger partial charge on any atom is 0.252 e. The second-order valence-electron chi connectivity index (χ2n) is 21.8. The number of benzene rings is 9. The molecule has 69 heavy (non-hydrogen) atoms. The molecule has 9 aromatic carbocycles. The average Bonchev–Trinajstić information content (AvgIpc) is 3.35. The smallest absolute Gasteiger partial charge is 0.252 e. The molecule has 4 aliphatic heterocycles. The lowest BCUT2D eigenvalue weighted by Gasteiger charge is -2.49. The Hall–Kier alpha value is -7.63. The van der Waals surface area contributed by atoms with Crippen molar-refractivity contribution in [3.63, 3.8) is 0 Å². The van der Waals surface area contributed by atoms with Crippen LogP contribution in [0.25, 0.3) is 22.3 Å². The summed E-state index contributed by atoms with van der Waals surface area (Å²) < 4.78 is 0. The van der Waals surface area contributed by atoms with Crippen LogP contribution in [0.4, 0.5) is 45.5 Å². The predicted octanol–water partition coefficient (Wildman–Crippen LogP) is 8.52. The third-order valence-electron chi connectivity index (χ3n) is 15.6. The van der Waals surface area contributed by atoms with Crippen LogP contribution in [0.5, 0.6) is 0 Å². The van der Waals surface area contributed by atoms with Gasteiger partial charge in [0.2, 0.25) is 13.4 Å². The van der Waals surface area contributed by atoms with Crippen molar-refractivity contribution in [1.29, 1.82) is 0 Å². The van der Waals surface area contributed by atoms with Crippen LogP contribution in [0, 0.1) is 0 Å². The molecule has 4 heterocycles. The SMILES string of the molecule is CC(C)(C)c1ccc(B2c3ccccc3N3c4cccc5c4B(c4cccc2c43)c2cc(-c3ccc(N)cc3)cc3c2N5c2ccc(-c4ccc(N)cc4)cc2B3c2ccc(C(C)(C)C)cc2)cc1. The summed E-state index contributed by atoms with van der Waals surface area (Å²) in [5, 5.41) is 0. The lowest BCUT2D eigenvalue weighted by Crippen LogP contribution is -2.69. The van der Waals surface area contributed by atoms with Gasteiger partial charge in [0, 0.05) is 45.5 Å². The van der Waals surface area contributed by atoms with Crippen molar-refractivity contribution in [2.24, 2.45) is 0 Å². The molecule has 7 heteroatoms. The summed E-state index contributed by atoms with van der Waals surface area (Å²) in [5.41, 5.74) is 40.9. The molecule has 0 bridgehead atoms. The van der Waals surface area contributed by atoms with Crippen molar-refractivity contribution in [3.05, 3.63) is 199 Å². The molecule has 0 fully saturated rings. The first-order valence-corrected chi connectivity index (χ1v) is 24.5. The molecule has 0 atom stereocenters. The normalized spacial score (nSPS) is 13.9. The van der Waals surface area contributed by atoms with Crippen LogP contribution in [0.2, 0.25) is 0 Å². The highest BCUT2D eigenvalue weighted by molar-refractivity contribution is 7.05. The van der Waals surface area contributed by atoms with Crippen LogP contribution in [0.3, 0.4) is 0 Å². The molecule has 0 radical (unpaired) electrons. The third-order valence-corrected chi connectivity index (χ3v) is 15.6. The third kappa shape index (κ3) is 6.32. The molecule has 0 unspecified atom stereocenters. The summed E-state index contributed by atoms with van der Waals surface area (Å²) in [6.45, 7) is 13.8. The molecule has 9 aromatic rings. The number of hydrogen-bond acceptors (Lipinski definition) is 4. The highest BCUT2D eigenvalue weighted by atomic mass is 15.2. The van der Waals surface area contributed by atoms with Gasteiger partial charge < -0.3 is 21.3 Å². The Balaban J connectivity index is 1.11. The molecule has 0 aromatic heterocycles. The zero-order chi connectivity index (χ0) is 47.1. The topological polar surface area (TPSA) is 58.5 Å². The lowest BCUT2D eigenvalue weighted by atomic mass is 9.28. The highest BCUT2D eigenvalue weighted by Crippen LogP contribution is 2.46. The zero-order valence-electron chi connectivity index (χ0n) is 40.2. The van der Waals surface area contributed by atoms with E-state index in [0.717, 1.165) is 22.5 Å². The monoisotopic (exact) mass is 886 g/mol. The lowest BCUT2D eigenvalue weighted by molar-refractivity contribution is 0.590. The van der Waals surface area contributed by atoms with Crippen LogP contribution >= 0.6 is 0 Å². The molecule has 330 valence electrons. The minimum Gasteiger partial charge on any atom is -0.399 e. The summed E-state index contributed by atoms with van der Waals surface area (Å²) in [5.74, 6) is 0. The van der Waals surface area contributed by atoms with E-state index in [0.29, 0.717) is 0 Å². The minimum absolute atomic E-state index is 0.0247. The average molecular weight is 887 g/mol. The number of nitrogens with zero attached hydrogens (tertiary/aromatic N) is 2. The van der Waals surface area contributed by atoms with E-state index >= 15 is 0 Å². The highest BCUT2D eigenvalue weighted by Gasteiger charge is 2.50. The first-order valence-electron chi connectivity index (χ1n) is 24.5. The Morgan fingerprint density at radius 1 is 0.333 bits per heavy atom. The van der Waals surface area contributed by atoms with Crippen LogP contribution in [0.1, 0.15) is 52.7 Å². The Kier molecular flexibility index (Phi) is 8.99.